The Bertz CT molecular complexity index is 1470. The van der Waals surface area contributed by atoms with Gasteiger partial charge in [0.1, 0.15) is 18.4 Å². The number of halogens is 1. The number of aryl methyl sites for hydroxylation is 1. The van der Waals surface area contributed by atoms with Crippen LogP contribution in [0.1, 0.15) is 33.5 Å². The molecule has 0 heterocycles. The molecule has 0 unspecified atom stereocenters. The summed E-state index contributed by atoms with van der Waals surface area (Å²) in [6.45, 7) is 0.710. The van der Waals surface area contributed by atoms with E-state index in [-0.39, 0.29) is 11.7 Å². The second-order valence-corrected chi connectivity index (χ2v) is 10.1. The van der Waals surface area contributed by atoms with Gasteiger partial charge < -0.3 is 20.1 Å². The molecule has 0 bridgehead atoms. The summed E-state index contributed by atoms with van der Waals surface area (Å²) in [6.07, 6.45) is 1.36. The maximum atomic E-state index is 13.1. The molecule has 0 aliphatic carbocycles. The summed E-state index contributed by atoms with van der Waals surface area (Å²) in [5, 5.41) is 6.75. The van der Waals surface area contributed by atoms with Crippen molar-refractivity contribution in [2.75, 3.05) is 25.6 Å². The van der Waals surface area contributed by atoms with Crippen LogP contribution in [0.15, 0.2) is 103 Å². The van der Waals surface area contributed by atoms with Crippen LogP contribution in [0.4, 0.5) is 5.69 Å². The molecule has 4 aromatic carbocycles. The Hall–Kier alpha value is -4.62. The number of benzene rings is 4. The summed E-state index contributed by atoms with van der Waals surface area (Å²) in [7, 11) is 1.34. The first-order valence-electron chi connectivity index (χ1n) is 13.7. The fourth-order valence-electron chi connectivity index (χ4n) is 4.39. The fourth-order valence-corrected chi connectivity index (χ4v) is 4.52. The molecule has 0 saturated carbocycles. The van der Waals surface area contributed by atoms with Gasteiger partial charge in [-0.25, -0.2) is 4.79 Å². The van der Waals surface area contributed by atoms with Gasteiger partial charge in [0.05, 0.1) is 13.7 Å². The van der Waals surface area contributed by atoms with E-state index in [2.05, 4.69) is 10.6 Å². The summed E-state index contributed by atoms with van der Waals surface area (Å²) in [6, 6.07) is 30.3. The first kappa shape index (κ1) is 30.3. The van der Waals surface area contributed by atoms with E-state index in [0.29, 0.717) is 60.0 Å². The number of rotatable bonds is 14. The summed E-state index contributed by atoms with van der Waals surface area (Å²) in [5.74, 6) is 0.0264. The zero-order chi connectivity index (χ0) is 29.7. The molecule has 0 fully saturated rings. The lowest BCUT2D eigenvalue weighted by Crippen LogP contribution is -2.33. The lowest BCUT2D eigenvalue weighted by atomic mass is 10.00. The minimum absolute atomic E-state index is 0.0442. The highest BCUT2D eigenvalue weighted by atomic mass is 35.5. The molecular weight excluding hydrogens is 552 g/mol. The highest BCUT2D eigenvalue weighted by Gasteiger charge is 2.22. The van der Waals surface area contributed by atoms with Crippen molar-refractivity contribution in [2.45, 2.75) is 25.3 Å². The predicted molar refractivity (Wildman–Crippen MR) is 164 cm³/mol. The number of anilines is 1. The van der Waals surface area contributed by atoms with Crippen molar-refractivity contribution in [3.8, 4) is 5.75 Å². The van der Waals surface area contributed by atoms with Crippen LogP contribution in [-0.4, -0.2) is 44.0 Å². The predicted octanol–water partition coefficient (Wildman–Crippen LogP) is 5.90. The molecule has 7 nitrogen and oxygen atoms in total. The van der Waals surface area contributed by atoms with Gasteiger partial charge in [-0.2, -0.15) is 0 Å². The molecule has 216 valence electrons. The second kappa shape index (κ2) is 15.4. The minimum Gasteiger partial charge on any atom is -0.492 e. The maximum Gasteiger partial charge on any atom is 0.328 e. The monoisotopic (exact) mass is 584 g/mol. The van der Waals surface area contributed by atoms with Gasteiger partial charge in [-0.3, -0.25) is 9.59 Å². The second-order valence-electron chi connectivity index (χ2n) is 9.63. The molecule has 0 saturated heterocycles. The van der Waals surface area contributed by atoms with Gasteiger partial charge in [0.25, 0.3) is 0 Å². The normalized spacial score (nSPS) is 11.3. The van der Waals surface area contributed by atoms with Crippen LogP contribution >= 0.6 is 11.6 Å². The summed E-state index contributed by atoms with van der Waals surface area (Å²) in [5.41, 5.74) is 3.53. The average Bonchev–Trinajstić information content (AvgIpc) is 3.03. The van der Waals surface area contributed by atoms with Gasteiger partial charge in [0.15, 0.2) is 5.78 Å². The molecule has 4 aromatic rings. The quantitative estimate of drug-likeness (QED) is 0.109. The molecule has 1 amide bonds. The number of para-hydroxylation sites is 1. The van der Waals surface area contributed by atoms with Gasteiger partial charge in [-0.05, 0) is 53.9 Å². The van der Waals surface area contributed by atoms with Crippen LogP contribution < -0.4 is 15.4 Å². The van der Waals surface area contributed by atoms with E-state index in [4.69, 9.17) is 21.1 Å². The molecule has 2 N–H and O–H groups in total. The van der Waals surface area contributed by atoms with Crippen LogP contribution in [0.2, 0.25) is 5.02 Å². The Labute approximate surface area is 250 Å². The Morgan fingerprint density at radius 1 is 0.810 bits per heavy atom. The highest BCUT2D eigenvalue weighted by molar-refractivity contribution is 6.30. The van der Waals surface area contributed by atoms with Crippen molar-refractivity contribution in [1.82, 2.24) is 5.32 Å². The average molecular weight is 585 g/mol. The third kappa shape index (κ3) is 8.94. The number of carbonyl (C=O) groups is 3. The number of methoxy groups -OCH3 is 1. The number of hydrogen-bond acceptors (Lipinski definition) is 6. The molecule has 0 aromatic heterocycles. The van der Waals surface area contributed by atoms with Crippen molar-refractivity contribution in [2.24, 2.45) is 0 Å². The third-order valence-corrected chi connectivity index (χ3v) is 6.89. The minimum atomic E-state index is -0.713. The molecule has 0 spiro atoms. The SMILES string of the molecule is COC(=O)[C@H](Cc1ccc(OCCNC(=O)CCc2ccc(Cl)cc2)cc1)Nc1ccccc1C(=O)c1ccccc1. The van der Waals surface area contributed by atoms with Crippen LogP contribution in [0.25, 0.3) is 0 Å². The molecule has 0 aliphatic rings. The van der Waals surface area contributed by atoms with Gasteiger partial charge in [0.2, 0.25) is 5.91 Å². The fraction of sp³-hybridized carbons (Fsp3) is 0.206. The van der Waals surface area contributed by atoms with Crippen LogP contribution in [0, 0.1) is 0 Å². The first-order valence-corrected chi connectivity index (χ1v) is 14.1. The summed E-state index contributed by atoms with van der Waals surface area (Å²) < 4.78 is 10.8. The van der Waals surface area contributed by atoms with Crippen molar-refractivity contribution < 1.29 is 23.9 Å². The molecule has 8 heteroatoms. The number of carbonyl (C=O) groups excluding carboxylic acids is 3. The van der Waals surface area contributed by atoms with E-state index in [1.165, 1.54) is 7.11 Å². The van der Waals surface area contributed by atoms with Gasteiger partial charge in [-0.15, -0.1) is 0 Å². The Balaban J connectivity index is 1.28. The maximum absolute atomic E-state index is 13.1. The van der Waals surface area contributed by atoms with Crippen LogP contribution in [0.3, 0.4) is 0 Å². The number of nitrogens with one attached hydrogen (secondary N) is 2. The van der Waals surface area contributed by atoms with Crippen molar-refractivity contribution >= 4 is 34.9 Å². The van der Waals surface area contributed by atoms with Gasteiger partial charge in [0, 0.05) is 34.7 Å². The Kier molecular flexibility index (Phi) is 11.1. The standard InChI is InChI=1S/C34H33ClN2O5/c1-41-34(40)31(37-30-10-6-5-9-29(30)33(39)26-7-3-2-4-8-26)23-25-13-18-28(19-14-25)42-22-21-36-32(38)20-15-24-11-16-27(35)17-12-24/h2-14,16-19,31,37H,15,20-23H2,1H3,(H,36,38)/t31-/m0/s1. The molecular formula is C34H33ClN2O5. The van der Waals surface area contributed by atoms with Crippen molar-refractivity contribution in [3.63, 3.8) is 0 Å². The topological polar surface area (TPSA) is 93.7 Å². The van der Waals surface area contributed by atoms with E-state index in [0.717, 1.165) is 11.1 Å². The van der Waals surface area contributed by atoms with E-state index in [9.17, 15) is 14.4 Å². The van der Waals surface area contributed by atoms with E-state index in [1.807, 2.05) is 72.8 Å². The largest absolute Gasteiger partial charge is 0.492 e. The number of ether oxygens (including phenoxy) is 2. The van der Waals surface area contributed by atoms with Gasteiger partial charge >= 0.3 is 5.97 Å². The van der Waals surface area contributed by atoms with Crippen molar-refractivity contribution in [3.05, 3.63) is 130 Å². The van der Waals surface area contributed by atoms with Crippen molar-refractivity contribution in [1.29, 1.82) is 0 Å². The number of ketones is 1. The zero-order valence-electron chi connectivity index (χ0n) is 23.3. The number of hydrogen-bond donors (Lipinski definition) is 2. The molecule has 0 aliphatic heterocycles. The van der Waals surface area contributed by atoms with Gasteiger partial charge in [-0.1, -0.05) is 78.3 Å². The lowest BCUT2D eigenvalue weighted by molar-refractivity contribution is -0.141. The molecule has 1 atom stereocenters. The Morgan fingerprint density at radius 2 is 1.48 bits per heavy atom. The Morgan fingerprint density at radius 3 is 2.19 bits per heavy atom. The first-order chi connectivity index (χ1) is 20.4. The van der Waals surface area contributed by atoms with E-state index >= 15 is 0 Å². The molecule has 4 rings (SSSR count). The van der Waals surface area contributed by atoms with E-state index in [1.54, 1.807) is 30.3 Å². The summed E-state index contributed by atoms with van der Waals surface area (Å²) >= 11 is 5.90. The third-order valence-electron chi connectivity index (χ3n) is 6.63. The number of esters is 1. The summed E-state index contributed by atoms with van der Waals surface area (Å²) in [4.78, 5) is 37.9. The van der Waals surface area contributed by atoms with Crippen LogP contribution in [-0.2, 0) is 27.2 Å². The lowest BCUT2D eigenvalue weighted by Gasteiger charge is -2.20. The van der Waals surface area contributed by atoms with Crippen LogP contribution in [0.5, 0.6) is 5.75 Å². The number of amides is 1. The smallest absolute Gasteiger partial charge is 0.328 e. The molecule has 0 radical (unpaired) electrons. The highest BCUT2D eigenvalue weighted by Crippen LogP contribution is 2.22. The molecule has 42 heavy (non-hydrogen) atoms. The van der Waals surface area contributed by atoms with E-state index < -0.39 is 12.0 Å². The zero-order valence-corrected chi connectivity index (χ0v) is 24.1.